The summed E-state index contributed by atoms with van der Waals surface area (Å²) in [6.45, 7) is 3.94. The summed E-state index contributed by atoms with van der Waals surface area (Å²) in [6.07, 6.45) is 0. The molecule has 1 heterocycles. The van der Waals surface area contributed by atoms with E-state index in [1.54, 1.807) is 11.5 Å². The van der Waals surface area contributed by atoms with Gasteiger partial charge in [0.25, 0.3) is 0 Å². The van der Waals surface area contributed by atoms with Crippen LogP contribution in [0.4, 0.5) is 13.2 Å². The molecule has 2 nitrogen and oxygen atoms in total. The van der Waals surface area contributed by atoms with Gasteiger partial charge in [0.15, 0.2) is 0 Å². The third-order valence-electron chi connectivity index (χ3n) is 2.87. The number of alkyl halides is 4. The SMILES string of the molecule is Cc1ccc2nc(C(C)Cl)n(CCSC(F)(F)F)c2c1. The highest BCUT2D eigenvalue weighted by atomic mass is 35.5. The quantitative estimate of drug-likeness (QED) is 0.745. The zero-order valence-electron chi connectivity index (χ0n) is 11.0. The van der Waals surface area contributed by atoms with Gasteiger partial charge in [-0.1, -0.05) is 6.07 Å². The van der Waals surface area contributed by atoms with Gasteiger partial charge in [0, 0.05) is 12.3 Å². The van der Waals surface area contributed by atoms with Gasteiger partial charge in [-0.15, -0.1) is 11.6 Å². The highest BCUT2D eigenvalue weighted by molar-refractivity contribution is 8.00. The summed E-state index contributed by atoms with van der Waals surface area (Å²) in [5, 5.41) is -0.349. The first-order valence-corrected chi connectivity index (χ1v) is 7.51. The fourth-order valence-corrected chi connectivity index (χ4v) is 2.71. The molecule has 0 fully saturated rings. The summed E-state index contributed by atoms with van der Waals surface area (Å²) in [5.74, 6) is 0.550. The van der Waals surface area contributed by atoms with Crippen molar-refractivity contribution in [1.29, 1.82) is 0 Å². The van der Waals surface area contributed by atoms with Crippen molar-refractivity contribution in [3.05, 3.63) is 29.6 Å². The average Bonchev–Trinajstić information content (AvgIpc) is 2.66. The molecule has 0 bridgehead atoms. The minimum absolute atomic E-state index is 0.0267. The van der Waals surface area contributed by atoms with E-state index in [-0.39, 0.29) is 29.4 Å². The minimum Gasteiger partial charge on any atom is -0.326 e. The molecule has 1 atom stereocenters. The molecule has 7 heteroatoms. The molecule has 1 aromatic heterocycles. The Bertz CT molecular complexity index is 607. The standard InChI is InChI=1S/C13H14ClF3N2S/c1-8-3-4-10-11(7-8)19(12(18-10)9(2)14)5-6-20-13(15,16)17/h3-4,7,9H,5-6H2,1-2H3. The predicted molar refractivity (Wildman–Crippen MR) is 77.3 cm³/mol. The Kier molecular flexibility index (Phi) is 4.54. The zero-order valence-corrected chi connectivity index (χ0v) is 12.6. The van der Waals surface area contributed by atoms with Crippen LogP contribution < -0.4 is 0 Å². The van der Waals surface area contributed by atoms with E-state index in [0.717, 1.165) is 16.6 Å². The van der Waals surface area contributed by atoms with Crippen LogP contribution in [-0.2, 0) is 6.54 Å². The third kappa shape index (κ3) is 3.61. The average molecular weight is 323 g/mol. The fourth-order valence-electron chi connectivity index (χ4n) is 2.04. The number of hydrogen-bond acceptors (Lipinski definition) is 2. The van der Waals surface area contributed by atoms with Crippen molar-refractivity contribution in [3.63, 3.8) is 0 Å². The first kappa shape index (κ1) is 15.5. The van der Waals surface area contributed by atoms with E-state index < -0.39 is 5.51 Å². The van der Waals surface area contributed by atoms with E-state index in [1.807, 2.05) is 25.1 Å². The molecule has 0 aliphatic carbocycles. The van der Waals surface area contributed by atoms with Gasteiger partial charge in [0.05, 0.1) is 16.4 Å². The topological polar surface area (TPSA) is 17.8 Å². The molecule has 0 aliphatic rings. The Morgan fingerprint density at radius 2 is 2.10 bits per heavy atom. The fraction of sp³-hybridized carbons (Fsp3) is 0.462. The van der Waals surface area contributed by atoms with Crippen LogP contribution >= 0.6 is 23.4 Å². The Labute approximate surface area is 124 Å². The van der Waals surface area contributed by atoms with Crippen molar-refractivity contribution in [2.45, 2.75) is 31.3 Å². The monoisotopic (exact) mass is 322 g/mol. The molecule has 0 N–H and O–H groups in total. The van der Waals surface area contributed by atoms with Gasteiger partial charge in [0.2, 0.25) is 0 Å². The number of thioether (sulfide) groups is 1. The van der Waals surface area contributed by atoms with Crippen molar-refractivity contribution in [3.8, 4) is 0 Å². The molecule has 0 radical (unpaired) electrons. The second kappa shape index (κ2) is 5.85. The number of halogens is 4. The highest BCUT2D eigenvalue weighted by Gasteiger charge is 2.28. The molecule has 20 heavy (non-hydrogen) atoms. The van der Waals surface area contributed by atoms with Crippen molar-refractivity contribution in [2.75, 3.05) is 5.75 Å². The maximum Gasteiger partial charge on any atom is 0.441 e. The molecule has 1 aromatic carbocycles. The van der Waals surface area contributed by atoms with Crippen molar-refractivity contribution >= 4 is 34.4 Å². The lowest BCUT2D eigenvalue weighted by atomic mass is 10.2. The van der Waals surface area contributed by atoms with E-state index in [9.17, 15) is 13.2 Å². The number of imidazole rings is 1. The second-order valence-corrected chi connectivity index (χ2v) is 6.34. The Morgan fingerprint density at radius 1 is 1.40 bits per heavy atom. The number of aromatic nitrogens is 2. The lowest BCUT2D eigenvalue weighted by Crippen LogP contribution is -2.10. The van der Waals surface area contributed by atoms with Crippen LogP contribution in [0.15, 0.2) is 18.2 Å². The van der Waals surface area contributed by atoms with E-state index >= 15 is 0 Å². The van der Waals surface area contributed by atoms with E-state index in [2.05, 4.69) is 4.98 Å². The third-order valence-corrected chi connectivity index (χ3v) is 3.78. The lowest BCUT2D eigenvalue weighted by Gasteiger charge is -2.11. The van der Waals surface area contributed by atoms with Gasteiger partial charge in [-0.3, -0.25) is 0 Å². The molecular weight excluding hydrogens is 309 g/mol. The summed E-state index contributed by atoms with van der Waals surface area (Å²) in [7, 11) is 0. The number of fused-ring (bicyclic) bond motifs is 1. The van der Waals surface area contributed by atoms with Crippen LogP contribution in [0.5, 0.6) is 0 Å². The molecule has 2 aromatic rings. The number of benzene rings is 1. The summed E-state index contributed by atoms with van der Waals surface area (Å²) in [6, 6.07) is 5.71. The van der Waals surface area contributed by atoms with E-state index in [0.29, 0.717) is 5.82 Å². The zero-order chi connectivity index (χ0) is 14.9. The number of rotatable bonds is 4. The second-order valence-electron chi connectivity index (χ2n) is 4.52. The molecule has 0 aliphatic heterocycles. The van der Waals surface area contributed by atoms with Crippen molar-refractivity contribution < 1.29 is 13.2 Å². The summed E-state index contributed by atoms with van der Waals surface area (Å²) in [5.41, 5.74) is -1.58. The van der Waals surface area contributed by atoms with Crippen molar-refractivity contribution in [2.24, 2.45) is 0 Å². The summed E-state index contributed by atoms with van der Waals surface area (Å²) >= 11 is 6.05. The smallest absolute Gasteiger partial charge is 0.326 e. The minimum atomic E-state index is -4.21. The highest BCUT2D eigenvalue weighted by Crippen LogP contribution is 2.31. The Hall–Kier alpha value is -0.880. The van der Waals surface area contributed by atoms with Gasteiger partial charge in [-0.05, 0) is 43.3 Å². The molecule has 110 valence electrons. The largest absolute Gasteiger partial charge is 0.441 e. The summed E-state index contributed by atoms with van der Waals surface area (Å²) in [4.78, 5) is 4.41. The van der Waals surface area contributed by atoms with Crippen LogP contribution in [0.1, 0.15) is 23.7 Å². The van der Waals surface area contributed by atoms with Gasteiger partial charge >= 0.3 is 5.51 Å². The van der Waals surface area contributed by atoms with Gasteiger partial charge in [-0.2, -0.15) is 13.2 Å². The normalized spacial score (nSPS) is 13.9. The van der Waals surface area contributed by atoms with E-state index in [4.69, 9.17) is 11.6 Å². The summed E-state index contributed by atoms with van der Waals surface area (Å²) < 4.78 is 38.5. The first-order chi connectivity index (χ1) is 9.28. The molecule has 0 saturated carbocycles. The predicted octanol–water partition coefficient (Wildman–Crippen LogP) is 4.90. The number of hydrogen-bond donors (Lipinski definition) is 0. The molecule has 1 unspecified atom stereocenters. The number of nitrogens with zero attached hydrogens (tertiary/aromatic N) is 2. The first-order valence-electron chi connectivity index (χ1n) is 6.09. The van der Waals surface area contributed by atoms with Gasteiger partial charge in [0.1, 0.15) is 5.82 Å². The van der Waals surface area contributed by atoms with Gasteiger partial charge < -0.3 is 4.57 Å². The van der Waals surface area contributed by atoms with Crippen LogP contribution in [0.2, 0.25) is 0 Å². The Balaban J connectivity index is 2.33. The number of aryl methyl sites for hydroxylation is 2. The maximum atomic E-state index is 12.2. The van der Waals surface area contributed by atoms with Crippen LogP contribution in [0.3, 0.4) is 0 Å². The Morgan fingerprint density at radius 3 is 2.70 bits per heavy atom. The van der Waals surface area contributed by atoms with Crippen LogP contribution in [-0.4, -0.2) is 20.8 Å². The lowest BCUT2D eigenvalue weighted by molar-refractivity contribution is -0.0328. The molecule has 0 saturated heterocycles. The van der Waals surface area contributed by atoms with Gasteiger partial charge in [-0.25, -0.2) is 4.98 Å². The maximum absolute atomic E-state index is 12.2. The molecular formula is C13H14ClF3N2S. The van der Waals surface area contributed by atoms with Crippen LogP contribution in [0, 0.1) is 6.92 Å². The van der Waals surface area contributed by atoms with Crippen LogP contribution in [0.25, 0.3) is 11.0 Å². The van der Waals surface area contributed by atoms with Crippen molar-refractivity contribution in [1.82, 2.24) is 9.55 Å². The van der Waals surface area contributed by atoms with E-state index in [1.165, 1.54) is 0 Å². The molecule has 2 rings (SSSR count). The molecule has 0 amide bonds. The molecule has 0 spiro atoms.